The first-order valence-corrected chi connectivity index (χ1v) is 11.5. The SMILES string of the molecule is Cc1c(Cl)ccc2c1NC(=O)[C@]21N[C@H](CC(N)=O)[C@H]2C(=O)N(Cc3ccc4c(c3)OCO4)C(=O)[C@@H]21. The van der Waals surface area contributed by atoms with Gasteiger partial charge in [0.2, 0.25) is 30.4 Å². The van der Waals surface area contributed by atoms with E-state index in [0.29, 0.717) is 38.9 Å². The highest BCUT2D eigenvalue weighted by Crippen LogP contribution is 2.54. The Balaban J connectivity index is 1.43. The number of anilines is 1. The topological polar surface area (TPSA) is 140 Å². The second kappa shape index (κ2) is 7.43. The quantitative estimate of drug-likeness (QED) is 0.540. The van der Waals surface area contributed by atoms with Crippen LogP contribution in [0, 0.1) is 18.8 Å². The second-order valence-electron chi connectivity index (χ2n) is 9.23. The van der Waals surface area contributed by atoms with Crippen LogP contribution < -0.4 is 25.8 Å². The molecule has 4 aliphatic heterocycles. The Labute approximate surface area is 204 Å². The number of ether oxygens (including phenoxy) is 2. The molecule has 0 bridgehead atoms. The van der Waals surface area contributed by atoms with Gasteiger partial charge < -0.3 is 20.5 Å². The first-order valence-electron chi connectivity index (χ1n) is 11.1. The number of fused-ring (bicyclic) bond motifs is 5. The maximum Gasteiger partial charge on any atom is 0.250 e. The molecule has 2 saturated heterocycles. The number of hydrogen-bond acceptors (Lipinski definition) is 7. The maximum atomic E-state index is 13.8. The summed E-state index contributed by atoms with van der Waals surface area (Å²) in [5, 5.41) is 6.47. The lowest BCUT2D eigenvalue weighted by molar-refractivity contribution is -0.143. The first-order chi connectivity index (χ1) is 16.7. The molecule has 10 nitrogen and oxygen atoms in total. The Hall–Kier alpha value is -3.63. The zero-order valence-electron chi connectivity index (χ0n) is 18.6. The van der Waals surface area contributed by atoms with Crippen molar-refractivity contribution in [3.8, 4) is 11.5 Å². The highest BCUT2D eigenvalue weighted by atomic mass is 35.5. The molecule has 35 heavy (non-hydrogen) atoms. The number of carbonyl (C=O) groups excluding carboxylic acids is 4. The molecule has 2 aromatic rings. The van der Waals surface area contributed by atoms with Gasteiger partial charge in [-0.05, 0) is 36.2 Å². The Morgan fingerprint density at radius 1 is 1.17 bits per heavy atom. The minimum atomic E-state index is -1.52. The van der Waals surface area contributed by atoms with Gasteiger partial charge in [-0.2, -0.15) is 0 Å². The monoisotopic (exact) mass is 496 g/mol. The predicted molar refractivity (Wildman–Crippen MR) is 122 cm³/mol. The van der Waals surface area contributed by atoms with E-state index in [2.05, 4.69) is 10.6 Å². The third-order valence-corrected chi connectivity index (χ3v) is 7.78. The van der Waals surface area contributed by atoms with Crippen LogP contribution in [-0.2, 0) is 31.3 Å². The lowest BCUT2D eigenvalue weighted by atomic mass is 9.76. The summed E-state index contributed by atoms with van der Waals surface area (Å²) >= 11 is 6.27. The van der Waals surface area contributed by atoms with Crippen molar-refractivity contribution in [2.45, 2.75) is 31.5 Å². The van der Waals surface area contributed by atoms with Gasteiger partial charge in [0.05, 0.1) is 24.1 Å². The number of hydrogen-bond donors (Lipinski definition) is 3. The number of halogens is 1. The Kier molecular flexibility index (Phi) is 4.64. The summed E-state index contributed by atoms with van der Waals surface area (Å²) in [6.07, 6.45) is -0.199. The van der Waals surface area contributed by atoms with Crippen molar-refractivity contribution >= 4 is 40.9 Å². The van der Waals surface area contributed by atoms with Crippen LogP contribution >= 0.6 is 11.6 Å². The highest BCUT2D eigenvalue weighted by molar-refractivity contribution is 6.32. The van der Waals surface area contributed by atoms with E-state index in [1.165, 1.54) is 0 Å². The molecule has 4 atom stereocenters. The molecule has 0 radical (unpaired) electrons. The summed E-state index contributed by atoms with van der Waals surface area (Å²) in [7, 11) is 0. The number of primary amides is 1. The van der Waals surface area contributed by atoms with Gasteiger partial charge in [0, 0.05) is 23.0 Å². The van der Waals surface area contributed by atoms with E-state index in [-0.39, 0.29) is 19.8 Å². The smallest absolute Gasteiger partial charge is 0.250 e. The van der Waals surface area contributed by atoms with E-state index in [1.807, 2.05) is 0 Å². The van der Waals surface area contributed by atoms with Gasteiger partial charge in [0.25, 0.3) is 0 Å². The molecule has 4 N–H and O–H groups in total. The van der Waals surface area contributed by atoms with E-state index in [9.17, 15) is 19.2 Å². The van der Waals surface area contributed by atoms with E-state index in [1.54, 1.807) is 37.3 Å². The number of benzene rings is 2. The number of likely N-dealkylation sites (tertiary alicyclic amines) is 1. The number of nitrogens with one attached hydrogen (secondary N) is 2. The van der Waals surface area contributed by atoms with Crippen LogP contribution in [0.25, 0.3) is 0 Å². The Bertz CT molecular complexity index is 1350. The predicted octanol–water partition coefficient (Wildman–Crippen LogP) is 1.17. The first kappa shape index (κ1) is 21.9. The lowest BCUT2D eigenvalue weighted by Gasteiger charge is -2.29. The van der Waals surface area contributed by atoms with Gasteiger partial charge in [-0.25, -0.2) is 0 Å². The molecule has 0 saturated carbocycles. The van der Waals surface area contributed by atoms with Gasteiger partial charge in [0.1, 0.15) is 5.54 Å². The van der Waals surface area contributed by atoms with Crippen molar-refractivity contribution in [2.75, 3.05) is 12.1 Å². The zero-order chi connectivity index (χ0) is 24.6. The fourth-order valence-electron chi connectivity index (χ4n) is 5.82. The molecule has 1 spiro atoms. The minimum absolute atomic E-state index is 0.00516. The molecule has 11 heteroatoms. The second-order valence-corrected chi connectivity index (χ2v) is 9.64. The maximum absolute atomic E-state index is 13.8. The van der Waals surface area contributed by atoms with Crippen molar-refractivity contribution < 1.29 is 28.7 Å². The van der Waals surface area contributed by atoms with Crippen LogP contribution in [-0.4, -0.2) is 41.4 Å². The molecule has 0 unspecified atom stereocenters. The van der Waals surface area contributed by atoms with E-state index in [4.69, 9.17) is 26.8 Å². The number of nitrogens with zero attached hydrogens (tertiary/aromatic N) is 1. The summed E-state index contributed by atoms with van der Waals surface area (Å²) in [6, 6.07) is 7.73. The zero-order valence-corrected chi connectivity index (χ0v) is 19.3. The lowest BCUT2D eigenvalue weighted by Crippen LogP contribution is -2.53. The summed E-state index contributed by atoms with van der Waals surface area (Å²) in [6.45, 7) is 1.86. The fraction of sp³-hybridized carbons (Fsp3) is 0.333. The number of rotatable bonds is 4. The number of amides is 4. The van der Waals surface area contributed by atoms with Crippen LogP contribution in [0.2, 0.25) is 5.02 Å². The van der Waals surface area contributed by atoms with Crippen molar-refractivity contribution in [1.29, 1.82) is 0 Å². The average Bonchev–Trinajstić information content (AvgIpc) is 3.53. The number of carbonyl (C=O) groups is 4. The van der Waals surface area contributed by atoms with Gasteiger partial charge in [-0.15, -0.1) is 0 Å². The van der Waals surface area contributed by atoms with Gasteiger partial charge >= 0.3 is 0 Å². The van der Waals surface area contributed by atoms with Crippen LogP contribution in [0.15, 0.2) is 30.3 Å². The normalized spacial score (nSPS) is 28.0. The molecular weight excluding hydrogens is 476 g/mol. The number of imide groups is 1. The summed E-state index contributed by atoms with van der Waals surface area (Å²) in [5.41, 5.74) is 6.30. The van der Waals surface area contributed by atoms with Gasteiger partial charge in [0.15, 0.2) is 11.5 Å². The summed E-state index contributed by atoms with van der Waals surface area (Å²) in [4.78, 5) is 53.9. The van der Waals surface area contributed by atoms with Crippen LogP contribution in [0.1, 0.15) is 23.1 Å². The largest absolute Gasteiger partial charge is 0.454 e. The van der Waals surface area contributed by atoms with Crippen LogP contribution in [0.4, 0.5) is 5.69 Å². The van der Waals surface area contributed by atoms with E-state index >= 15 is 0 Å². The van der Waals surface area contributed by atoms with Crippen molar-refractivity contribution in [2.24, 2.45) is 17.6 Å². The molecule has 0 aromatic heterocycles. The molecular formula is C24H21ClN4O6. The van der Waals surface area contributed by atoms with Crippen molar-refractivity contribution in [3.05, 3.63) is 52.0 Å². The molecule has 180 valence electrons. The summed E-state index contributed by atoms with van der Waals surface area (Å²) < 4.78 is 10.7. The third kappa shape index (κ3) is 2.93. The van der Waals surface area contributed by atoms with Gasteiger partial charge in [-0.3, -0.25) is 29.4 Å². The van der Waals surface area contributed by atoms with Crippen LogP contribution in [0.5, 0.6) is 11.5 Å². The molecule has 4 heterocycles. The van der Waals surface area contributed by atoms with Gasteiger partial charge in [-0.1, -0.05) is 23.7 Å². The highest BCUT2D eigenvalue weighted by Gasteiger charge is 2.70. The molecule has 0 aliphatic carbocycles. The van der Waals surface area contributed by atoms with Crippen molar-refractivity contribution in [1.82, 2.24) is 10.2 Å². The molecule has 4 aliphatic rings. The molecule has 2 fully saturated rings. The van der Waals surface area contributed by atoms with Crippen molar-refractivity contribution in [3.63, 3.8) is 0 Å². The van der Waals surface area contributed by atoms with E-state index < -0.39 is 47.0 Å². The molecule has 2 aromatic carbocycles. The standard InChI is InChI=1S/C24H21ClN4O6/c1-10-13(25)4-3-12-20(10)27-23(33)24(12)19-18(14(28-24)7-17(26)30)21(31)29(22(19)32)8-11-2-5-15-16(6-11)35-9-34-15/h2-6,14,18-19,28H,7-9H2,1H3,(H2,26,30)(H,27,33)/t14-,18-,19-,24+/m1/s1. The number of nitrogens with two attached hydrogens (primary N) is 1. The van der Waals surface area contributed by atoms with E-state index in [0.717, 1.165) is 4.90 Å². The molecule has 6 rings (SSSR count). The Morgan fingerprint density at radius 3 is 2.71 bits per heavy atom. The average molecular weight is 497 g/mol. The third-order valence-electron chi connectivity index (χ3n) is 7.37. The summed E-state index contributed by atoms with van der Waals surface area (Å²) in [5.74, 6) is -2.92. The molecule has 4 amide bonds. The van der Waals surface area contributed by atoms with Crippen LogP contribution in [0.3, 0.4) is 0 Å². The fourth-order valence-corrected chi connectivity index (χ4v) is 5.98. The Morgan fingerprint density at radius 2 is 1.94 bits per heavy atom. The minimum Gasteiger partial charge on any atom is -0.454 e.